The van der Waals surface area contributed by atoms with Crippen LogP contribution in [0.5, 0.6) is 11.5 Å². The number of aromatic nitrogens is 1. The zero-order valence-corrected chi connectivity index (χ0v) is 22.2. The zero-order chi connectivity index (χ0) is 27.1. The van der Waals surface area contributed by atoms with Gasteiger partial charge in [0.1, 0.15) is 24.6 Å². The van der Waals surface area contributed by atoms with Gasteiger partial charge in [0, 0.05) is 30.3 Å². The van der Waals surface area contributed by atoms with Gasteiger partial charge in [-0.2, -0.15) is 0 Å². The van der Waals surface area contributed by atoms with Gasteiger partial charge in [-0.05, 0) is 36.5 Å². The number of rotatable bonds is 5. The van der Waals surface area contributed by atoms with Gasteiger partial charge >= 0.3 is 0 Å². The molecular formula is C33H31N3O4. The Kier molecular flexibility index (Phi) is 6.27. The maximum atomic E-state index is 14.4. The Morgan fingerprint density at radius 3 is 2.30 bits per heavy atom. The number of benzene rings is 3. The summed E-state index contributed by atoms with van der Waals surface area (Å²) in [5.74, 6) is 0.759. The van der Waals surface area contributed by atoms with E-state index in [0.29, 0.717) is 13.0 Å². The SMILES string of the molecule is O=C1c2c(OCc3ccccc3)c(=O)ccn2N2C(c3ccccc3)c3ccccc3OCC[C@H]2N1C1CCC1. The van der Waals surface area contributed by atoms with E-state index in [1.165, 1.54) is 6.07 Å². The Bertz CT molecular complexity index is 1580. The van der Waals surface area contributed by atoms with Gasteiger partial charge in [-0.3, -0.25) is 19.3 Å². The highest BCUT2D eigenvalue weighted by Gasteiger charge is 2.48. The predicted octanol–water partition coefficient (Wildman–Crippen LogP) is 5.27. The number of nitrogens with zero attached hydrogens (tertiary/aromatic N) is 3. The number of fused-ring (bicyclic) bond motifs is 4. The molecule has 1 aromatic heterocycles. The average molecular weight is 534 g/mol. The predicted molar refractivity (Wildman–Crippen MR) is 152 cm³/mol. The molecule has 1 amide bonds. The van der Waals surface area contributed by atoms with E-state index in [0.717, 1.165) is 41.7 Å². The molecule has 7 heteroatoms. The lowest BCUT2D eigenvalue weighted by molar-refractivity contribution is 0.0210. The number of carbonyl (C=O) groups is 1. The third-order valence-electron chi connectivity index (χ3n) is 8.27. The number of ether oxygens (including phenoxy) is 2. The summed E-state index contributed by atoms with van der Waals surface area (Å²) in [7, 11) is 0. The summed E-state index contributed by atoms with van der Waals surface area (Å²) < 4.78 is 14.4. The topological polar surface area (TPSA) is 64.0 Å². The van der Waals surface area contributed by atoms with Gasteiger partial charge in [-0.1, -0.05) is 78.9 Å². The van der Waals surface area contributed by atoms with Crippen LogP contribution in [0.15, 0.2) is 102 Å². The molecule has 0 saturated heterocycles. The molecule has 2 atom stereocenters. The molecule has 0 radical (unpaired) electrons. The average Bonchev–Trinajstić information content (AvgIpc) is 2.95. The highest BCUT2D eigenvalue weighted by atomic mass is 16.5. The van der Waals surface area contributed by atoms with E-state index in [9.17, 15) is 9.59 Å². The Morgan fingerprint density at radius 1 is 0.825 bits per heavy atom. The minimum Gasteiger partial charge on any atom is -0.493 e. The van der Waals surface area contributed by atoms with Crippen molar-refractivity contribution in [3.63, 3.8) is 0 Å². The molecule has 1 fully saturated rings. The van der Waals surface area contributed by atoms with Crippen LogP contribution in [-0.2, 0) is 6.61 Å². The fourth-order valence-electron chi connectivity index (χ4n) is 6.16. The highest BCUT2D eigenvalue weighted by Crippen LogP contribution is 2.43. The van der Waals surface area contributed by atoms with Gasteiger partial charge in [-0.15, -0.1) is 0 Å². The van der Waals surface area contributed by atoms with Gasteiger partial charge in [0.05, 0.1) is 6.61 Å². The fourth-order valence-corrected chi connectivity index (χ4v) is 6.16. The normalized spacial score (nSPS) is 20.2. The summed E-state index contributed by atoms with van der Waals surface area (Å²) in [5, 5.41) is 2.26. The van der Waals surface area contributed by atoms with Crippen LogP contribution in [0.1, 0.15) is 58.9 Å². The Balaban J connectivity index is 1.44. The van der Waals surface area contributed by atoms with Crippen molar-refractivity contribution in [2.75, 3.05) is 11.6 Å². The first-order valence-corrected chi connectivity index (χ1v) is 14.0. The van der Waals surface area contributed by atoms with E-state index in [1.807, 2.05) is 76.3 Å². The molecular weight excluding hydrogens is 502 g/mol. The Morgan fingerprint density at radius 2 is 1.55 bits per heavy atom. The molecule has 2 aliphatic heterocycles. The summed E-state index contributed by atoms with van der Waals surface area (Å²) in [6, 6.07) is 29.5. The summed E-state index contributed by atoms with van der Waals surface area (Å²) in [4.78, 5) is 29.7. The third-order valence-corrected chi connectivity index (χ3v) is 8.27. The number of para-hydroxylation sites is 1. The second kappa shape index (κ2) is 10.2. The quantitative estimate of drug-likeness (QED) is 0.350. The number of amides is 1. The first kappa shape index (κ1) is 24.5. The molecule has 7 nitrogen and oxygen atoms in total. The van der Waals surface area contributed by atoms with Gasteiger partial charge in [0.25, 0.3) is 5.91 Å². The third kappa shape index (κ3) is 4.13. The summed E-state index contributed by atoms with van der Waals surface area (Å²) in [6.45, 7) is 0.676. The lowest BCUT2D eigenvalue weighted by Gasteiger charge is -2.54. The summed E-state index contributed by atoms with van der Waals surface area (Å²) in [5.41, 5.74) is 3.00. The first-order valence-electron chi connectivity index (χ1n) is 14.0. The van der Waals surface area contributed by atoms with Gasteiger partial charge in [-0.25, -0.2) is 0 Å². The first-order chi connectivity index (χ1) is 19.7. The fraction of sp³-hybridized carbons (Fsp3) is 0.273. The van der Waals surface area contributed by atoms with Crippen molar-refractivity contribution in [1.29, 1.82) is 0 Å². The number of carbonyl (C=O) groups excluding carboxylic acids is 1. The monoisotopic (exact) mass is 533 g/mol. The maximum Gasteiger partial charge on any atom is 0.278 e. The van der Waals surface area contributed by atoms with Crippen LogP contribution >= 0.6 is 0 Å². The Hall–Kier alpha value is -4.52. The molecule has 1 aliphatic carbocycles. The maximum absolute atomic E-state index is 14.4. The van der Waals surface area contributed by atoms with Gasteiger partial charge in [0.2, 0.25) is 5.43 Å². The lowest BCUT2D eigenvalue weighted by atomic mass is 9.89. The minimum absolute atomic E-state index is 0.0949. The van der Waals surface area contributed by atoms with Crippen LogP contribution in [0.3, 0.4) is 0 Å². The summed E-state index contributed by atoms with van der Waals surface area (Å²) in [6.07, 6.45) is 5.08. The molecule has 7 rings (SSSR count). The number of pyridine rings is 1. The van der Waals surface area contributed by atoms with E-state index >= 15 is 0 Å². The molecule has 40 heavy (non-hydrogen) atoms. The molecule has 1 unspecified atom stereocenters. The smallest absolute Gasteiger partial charge is 0.278 e. The largest absolute Gasteiger partial charge is 0.493 e. The van der Waals surface area contributed by atoms with Crippen LogP contribution in [0, 0.1) is 0 Å². The summed E-state index contributed by atoms with van der Waals surface area (Å²) >= 11 is 0. The molecule has 4 aromatic rings. The van der Waals surface area contributed by atoms with E-state index in [2.05, 4.69) is 23.2 Å². The van der Waals surface area contributed by atoms with Crippen molar-refractivity contribution < 1.29 is 14.3 Å². The van der Waals surface area contributed by atoms with E-state index in [-0.39, 0.29) is 47.6 Å². The van der Waals surface area contributed by atoms with Crippen LogP contribution in [0.25, 0.3) is 0 Å². The standard InChI is InChI=1S/C33H31N3O4/c37-27-18-20-34-31(32(27)40-22-23-10-3-1-4-11-23)33(38)35(25-14-9-15-25)29-19-21-39-28-17-8-7-16-26(28)30(36(29)34)24-12-5-2-6-13-24/h1-8,10-13,16-18,20,25,29-30H,9,14-15,19,21-22H2/t29-,30?/m0/s1. The van der Waals surface area contributed by atoms with Crippen LogP contribution in [0.2, 0.25) is 0 Å². The second-order valence-electron chi connectivity index (χ2n) is 10.6. The minimum atomic E-state index is -0.297. The number of hydrogen-bond acceptors (Lipinski definition) is 5. The molecule has 0 N–H and O–H groups in total. The van der Waals surface area contributed by atoms with Crippen molar-refractivity contribution in [3.8, 4) is 11.5 Å². The van der Waals surface area contributed by atoms with E-state index in [1.54, 1.807) is 6.20 Å². The van der Waals surface area contributed by atoms with Crippen LogP contribution in [0.4, 0.5) is 0 Å². The lowest BCUT2D eigenvalue weighted by Crippen LogP contribution is -2.66. The molecule has 0 bridgehead atoms. The van der Waals surface area contributed by atoms with Crippen molar-refractivity contribution in [3.05, 3.63) is 130 Å². The zero-order valence-electron chi connectivity index (χ0n) is 22.2. The van der Waals surface area contributed by atoms with Crippen LogP contribution < -0.4 is 19.9 Å². The highest BCUT2D eigenvalue weighted by molar-refractivity contribution is 5.97. The van der Waals surface area contributed by atoms with Crippen molar-refractivity contribution in [1.82, 2.24) is 9.58 Å². The van der Waals surface area contributed by atoms with E-state index in [4.69, 9.17) is 9.47 Å². The molecule has 1 saturated carbocycles. The van der Waals surface area contributed by atoms with Gasteiger partial charge in [0.15, 0.2) is 11.4 Å². The van der Waals surface area contributed by atoms with Crippen molar-refractivity contribution >= 4 is 5.91 Å². The molecule has 0 spiro atoms. The second-order valence-corrected chi connectivity index (χ2v) is 10.6. The molecule has 3 aliphatic rings. The van der Waals surface area contributed by atoms with Crippen LogP contribution in [-0.4, -0.2) is 34.3 Å². The van der Waals surface area contributed by atoms with Crippen molar-refractivity contribution in [2.24, 2.45) is 0 Å². The van der Waals surface area contributed by atoms with Crippen molar-refractivity contribution in [2.45, 2.75) is 50.5 Å². The molecule has 3 aromatic carbocycles. The molecule has 3 heterocycles. The number of hydrogen-bond donors (Lipinski definition) is 0. The van der Waals surface area contributed by atoms with Gasteiger partial charge < -0.3 is 14.4 Å². The van der Waals surface area contributed by atoms with E-state index < -0.39 is 0 Å². The Labute approximate surface area is 233 Å². The molecule has 202 valence electrons.